The van der Waals surface area contributed by atoms with Crippen molar-refractivity contribution in [1.82, 2.24) is 9.88 Å². The number of nitrogens with zero attached hydrogens (tertiary/aromatic N) is 2. The van der Waals surface area contributed by atoms with Crippen molar-refractivity contribution < 1.29 is 0 Å². The maximum Gasteiger partial charge on any atom is 0.0741 e. The average Bonchev–Trinajstić information content (AvgIpc) is 2.75. The average molecular weight is 332 g/mol. The van der Waals surface area contributed by atoms with Crippen LogP contribution in [0.1, 0.15) is 36.9 Å². The second-order valence-electron chi connectivity index (χ2n) is 6.72. The third kappa shape index (κ3) is 3.96. The van der Waals surface area contributed by atoms with Crippen LogP contribution in [0.25, 0.3) is 10.9 Å². The number of nitrogens with one attached hydrogen (secondary N) is 1. The fourth-order valence-electron chi connectivity index (χ4n) is 3.39. The predicted molar refractivity (Wildman–Crippen MR) is 99.7 cm³/mol. The Labute approximate surface area is 144 Å². The Hall–Kier alpha value is -1.32. The molecule has 0 fully saturated rings. The fourth-order valence-corrected chi connectivity index (χ4v) is 3.55. The summed E-state index contributed by atoms with van der Waals surface area (Å²) < 4.78 is 0. The first kappa shape index (κ1) is 16.5. The highest BCUT2D eigenvalue weighted by Gasteiger charge is 2.17. The molecule has 1 aliphatic rings. The van der Waals surface area contributed by atoms with Gasteiger partial charge in [-0.15, -0.1) is 0 Å². The van der Waals surface area contributed by atoms with Gasteiger partial charge in [-0.25, -0.2) is 0 Å². The van der Waals surface area contributed by atoms with Crippen LogP contribution in [0.15, 0.2) is 18.2 Å². The Bertz CT molecular complexity index is 682. The number of aromatic nitrogens is 1. The van der Waals surface area contributed by atoms with Crippen LogP contribution in [-0.4, -0.2) is 37.1 Å². The molecule has 23 heavy (non-hydrogen) atoms. The third-order valence-corrected chi connectivity index (χ3v) is 4.79. The summed E-state index contributed by atoms with van der Waals surface area (Å²) in [5.74, 6) is 0. The minimum Gasteiger partial charge on any atom is -0.384 e. The molecule has 0 amide bonds. The number of rotatable bonds is 5. The Morgan fingerprint density at radius 1 is 1.17 bits per heavy atom. The van der Waals surface area contributed by atoms with Gasteiger partial charge in [-0.3, -0.25) is 4.98 Å². The first-order valence-electron chi connectivity index (χ1n) is 8.65. The molecule has 0 saturated carbocycles. The minimum absolute atomic E-state index is 0.761. The lowest BCUT2D eigenvalue weighted by atomic mass is 10.0. The van der Waals surface area contributed by atoms with Gasteiger partial charge in [0.05, 0.1) is 5.52 Å². The van der Waals surface area contributed by atoms with Crippen LogP contribution in [0.3, 0.4) is 0 Å². The summed E-state index contributed by atoms with van der Waals surface area (Å²) in [5.41, 5.74) is 5.02. The molecular formula is C19H26ClN3. The van der Waals surface area contributed by atoms with E-state index in [0.29, 0.717) is 0 Å². The standard InChI is InChI=1S/C19H26ClN3/c1-23(2)12-6-11-21-19-15-7-4-3-5-8-17(15)22-18-13-14(20)9-10-16(18)19/h9-10,13H,3-8,11-12H2,1-2H3,(H,21,22). The SMILES string of the molecule is CN(C)CCCNc1c2c(nc3cc(Cl)ccc13)CCCCC2. The van der Waals surface area contributed by atoms with Crippen LogP contribution in [0, 0.1) is 0 Å². The number of pyridine rings is 1. The van der Waals surface area contributed by atoms with E-state index in [1.54, 1.807) is 0 Å². The second kappa shape index (κ2) is 7.50. The molecule has 0 bridgehead atoms. The van der Waals surface area contributed by atoms with E-state index < -0.39 is 0 Å². The number of anilines is 1. The summed E-state index contributed by atoms with van der Waals surface area (Å²) in [4.78, 5) is 7.15. The molecule has 1 aromatic heterocycles. The van der Waals surface area contributed by atoms with E-state index in [2.05, 4.69) is 30.4 Å². The number of aryl methyl sites for hydroxylation is 1. The van der Waals surface area contributed by atoms with Crippen molar-refractivity contribution >= 4 is 28.2 Å². The maximum absolute atomic E-state index is 6.18. The van der Waals surface area contributed by atoms with Crippen LogP contribution >= 0.6 is 11.6 Å². The van der Waals surface area contributed by atoms with Gasteiger partial charge in [-0.05, 0) is 76.5 Å². The van der Waals surface area contributed by atoms with E-state index in [4.69, 9.17) is 16.6 Å². The van der Waals surface area contributed by atoms with Gasteiger partial charge in [0.25, 0.3) is 0 Å². The van der Waals surface area contributed by atoms with Crippen molar-refractivity contribution in [2.24, 2.45) is 0 Å². The number of benzene rings is 1. The molecule has 1 heterocycles. The number of hydrogen-bond acceptors (Lipinski definition) is 3. The van der Waals surface area contributed by atoms with Crippen LogP contribution in [-0.2, 0) is 12.8 Å². The highest BCUT2D eigenvalue weighted by Crippen LogP contribution is 2.33. The quantitative estimate of drug-likeness (QED) is 0.645. The van der Waals surface area contributed by atoms with Crippen LogP contribution in [0.5, 0.6) is 0 Å². The van der Waals surface area contributed by atoms with E-state index in [1.165, 1.54) is 41.6 Å². The molecule has 3 nitrogen and oxygen atoms in total. The van der Waals surface area contributed by atoms with Gasteiger partial charge in [0.1, 0.15) is 0 Å². The van der Waals surface area contributed by atoms with Crippen LogP contribution in [0.4, 0.5) is 5.69 Å². The Morgan fingerprint density at radius 2 is 2.00 bits per heavy atom. The fraction of sp³-hybridized carbons (Fsp3) is 0.526. The molecule has 0 saturated heterocycles. The lowest BCUT2D eigenvalue weighted by Crippen LogP contribution is -2.17. The molecule has 3 rings (SSSR count). The van der Waals surface area contributed by atoms with Crippen molar-refractivity contribution in [2.75, 3.05) is 32.5 Å². The van der Waals surface area contributed by atoms with E-state index >= 15 is 0 Å². The van der Waals surface area contributed by atoms with Gasteiger partial charge in [0.15, 0.2) is 0 Å². The van der Waals surface area contributed by atoms with Crippen LogP contribution in [0.2, 0.25) is 5.02 Å². The zero-order chi connectivity index (χ0) is 16.2. The van der Waals surface area contributed by atoms with Gasteiger partial charge in [0, 0.05) is 28.3 Å². The summed E-state index contributed by atoms with van der Waals surface area (Å²) in [5, 5.41) is 5.68. The van der Waals surface area contributed by atoms with Crippen molar-refractivity contribution in [3.05, 3.63) is 34.5 Å². The van der Waals surface area contributed by atoms with Crippen LogP contribution < -0.4 is 5.32 Å². The molecule has 2 aromatic rings. The second-order valence-corrected chi connectivity index (χ2v) is 7.15. The van der Waals surface area contributed by atoms with E-state index in [0.717, 1.165) is 42.9 Å². The number of fused-ring (bicyclic) bond motifs is 2. The number of hydrogen-bond donors (Lipinski definition) is 1. The lowest BCUT2D eigenvalue weighted by molar-refractivity contribution is 0.405. The molecule has 0 aliphatic heterocycles. The molecule has 0 radical (unpaired) electrons. The zero-order valence-electron chi connectivity index (χ0n) is 14.2. The molecule has 1 aliphatic carbocycles. The highest BCUT2D eigenvalue weighted by atomic mass is 35.5. The van der Waals surface area contributed by atoms with E-state index in [1.807, 2.05) is 12.1 Å². The normalized spacial score (nSPS) is 14.8. The monoisotopic (exact) mass is 331 g/mol. The summed E-state index contributed by atoms with van der Waals surface area (Å²) in [7, 11) is 4.24. The van der Waals surface area contributed by atoms with Gasteiger partial charge >= 0.3 is 0 Å². The lowest BCUT2D eigenvalue weighted by Gasteiger charge is -2.18. The van der Waals surface area contributed by atoms with E-state index in [9.17, 15) is 0 Å². The Kier molecular flexibility index (Phi) is 5.39. The number of halogens is 1. The van der Waals surface area contributed by atoms with E-state index in [-0.39, 0.29) is 0 Å². The Morgan fingerprint density at radius 3 is 2.83 bits per heavy atom. The topological polar surface area (TPSA) is 28.2 Å². The molecular weight excluding hydrogens is 306 g/mol. The summed E-state index contributed by atoms with van der Waals surface area (Å²) in [6.45, 7) is 2.09. The summed E-state index contributed by atoms with van der Waals surface area (Å²) in [6, 6.07) is 6.08. The van der Waals surface area contributed by atoms with Gasteiger partial charge in [0.2, 0.25) is 0 Å². The smallest absolute Gasteiger partial charge is 0.0741 e. The summed E-state index contributed by atoms with van der Waals surface area (Å²) in [6.07, 6.45) is 7.17. The molecule has 4 heteroatoms. The molecule has 0 spiro atoms. The largest absolute Gasteiger partial charge is 0.384 e. The molecule has 0 unspecified atom stereocenters. The Balaban J connectivity index is 1.96. The molecule has 0 atom stereocenters. The van der Waals surface area contributed by atoms with Gasteiger partial charge in [-0.1, -0.05) is 18.0 Å². The van der Waals surface area contributed by atoms with Crippen molar-refractivity contribution in [3.63, 3.8) is 0 Å². The zero-order valence-corrected chi connectivity index (χ0v) is 14.9. The molecule has 1 aromatic carbocycles. The minimum atomic E-state index is 0.761. The van der Waals surface area contributed by atoms with Gasteiger partial charge in [-0.2, -0.15) is 0 Å². The highest BCUT2D eigenvalue weighted by molar-refractivity contribution is 6.31. The third-order valence-electron chi connectivity index (χ3n) is 4.56. The van der Waals surface area contributed by atoms with Gasteiger partial charge < -0.3 is 10.2 Å². The maximum atomic E-state index is 6.18. The van der Waals surface area contributed by atoms with Crippen molar-refractivity contribution in [3.8, 4) is 0 Å². The summed E-state index contributed by atoms with van der Waals surface area (Å²) >= 11 is 6.18. The first-order chi connectivity index (χ1) is 11.1. The van der Waals surface area contributed by atoms with Crippen molar-refractivity contribution in [1.29, 1.82) is 0 Å². The molecule has 1 N–H and O–H groups in total. The predicted octanol–water partition coefficient (Wildman–Crippen LogP) is 4.52. The molecule has 124 valence electrons. The van der Waals surface area contributed by atoms with Crippen molar-refractivity contribution in [2.45, 2.75) is 38.5 Å². The first-order valence-corrected chi connectivity index (χ1v) is 9.02.